The molecule has 0 unspecified atom stereocenters. The van der Waals surface area contributed by atoms with Crippen LogP contribution in [0.3, 0.4) is 0 Å². The summed E-state index contributed by atoms with van der Waals surface area (Å²) >= 11 is 0. The van der Waals surface area contributed by atoms with Crippen LogP contribution in [0.2, 0.25) is 0 Å². The zero-order valence-electron chi connectivity index (χ0n) is 11.9. The molecule has 108 valence electrons. The Hall–Kier alpha value is -3.21. The van der Waals surface area contributed by atoms with E-state index in [9.17, 15) is 4.79 Å². The first-order valence-corrected chi connectivity index (χ1v) is 6.68. The SMILES string of the molecule is CC1(C)C(=O)Nc2cc3[nH]c(-c4[nH]nnc4C#N)nc3cc21. The molecule has 0 radical (unpaired) electrons. The van der Waals surface area contributed by atoms with Gasteiger partial charge in [-0.05, 0) is 31.5 Å². The van der Waals surface area contributed by atoms with Crippen molar-refractivity contribution in [3.63, 3.8) is 0 Å². The van der Waals surface area contributed by atoms with Crippen LogP contribution in [0.25, 0.3) is 22.6 Å². The van der Waals surface area contributed by atoms with Crippen molar-refractivity contribution >= 4 is 22.6 Å². The fourth-order valence-corrected chi connectivity index (χ4v) is 2.67. The first-order valence-electron chi connectivity index (χ1n) is 6.68. The van der Waals surface area contributed by atoms with Crippen LogP contribution in [-0.4, -0.2) is 31.3 Å². The van der Waals surface area contributed by atoms with E-state index in [1.807, 2.05) is 32.0 Å². The molecule has 3 heterocycles. The van der Waals surface area contributed by atoms with E-state index in [1.165, 1.54) is 0 Å². The molecule has 3 aromatic rings. The van der Waals surface area contributed by atoms with Crippen molar-refractivity contribution in [3.05, 3.63) is 23.4 Å². The molecular weight excluding hydrogens is 282 g/mol. The van der Waals surface area contributed by atoms with Gasteiger partial charge in [-0.15, -0.1) is 5.10 Å². The molecule has 0 spiro atoms. The summed E-state index contributed by atoms with van der Waals surface area (Å²) in [7, 11) is 0. The van der Waals surface area contributed by atoms with E-state index in [4.69, 9.17) is 5.26 Å². The van der Waals surface area contributed by atoms with Gasteiger partial charge in [-0.25, -0.2) is 4.98 Å². The number of hydrogen-bond acceptors (Lipinski definition) is 5. The van der Waals surface area contributed by atoms with Gasteiger partial charge in [-0.3, -0.25) is 9.89 Å². The first kappa shape index (κ1) is 12.5. The number of carbonyl (C=O) groups excluding carboxylic acids is 1. The predicted molar refractivity (Wildman–Crippen MR) is 77.8 cm³/mol. The van der Waals surface area contributed by atoms with E-state index in [-0.39, 0.29) is 11.6 Å². The minimum absolute atomic E-state index is 0.0279. The number of carbonyl (C=O) groups is 1. The van der Waals surface area contributed by atoms with Crippen LogP contribution in [0.1, 0.15) is 25.1 Å². The minimum atomic E-state index is -0.587. The third-order valence-electron chi connectivity index (χ3n) is 4.00. The van der Waals surface area contributed by atoms with Gasteiger partial charge in [-0.1, -0.05) is 5.21 Å². The molecule has 8 nitrogen and oxygen atoms in total. The van der Waals surface area contributed by atoms with Crippen molar-refractivity contribution in [1.29, 1.82) is 5.26 Å². The Balaban J connectivity index is 1.92. The van der Waals surface area contributed by atoms with E-state index in [2.05, 4.69) is 30.7 Å². The number of H-pyrrole nitrogens is 2. The molecular formula is C14H11N7O. The second-order valence-corrected chi connectivity index (χ2v) is 5.73. The summed E-state index contributed by atoms with van der Waals surface area (Å²) < 4.78 is 0. The minimum Gasteiger partial charge on any atom is -0.337 e. The molecule has 3 N–H and O–H groups in total. The number of anilines is 1. The maximum Gasteiger partial charge on any atom is 0.234 e. The van der Waals surface area contributed by atoms with Gasteiger partial charge in [-0.2, -0.15) is 5.26 Å². The van der Waals surface area contributed by atoms with Crippen molar-refractivity contribution in [2.24, 2.45) is 0 Å². The zero-order valence-corrected chi connectivity index (χ0v) is 11.9. The maximum atomic E-state index is 12.0. The number of imidazole rings is 1. The lowest BCUT2D eigenvalue weighted by Crippen LogP contribution is -2.26. The zero-order chi connectivity index (χ0) is 15.5. The number of nitriles is 1. The first-order chi connectivity index (χ1) is 10.5. The number of amides is 1. The Labute approximate surface area is 124 Å². The van der Waals surface area contributed by atoms with Gasteiger partial charge in [0.1, 0.15) is 11.8 Å². The van der Waals surface area contributed by atoms with Crippen LogP contribution < -0.4 is 5.32 Å². The molecule has 0 bridgehead atoms. The molecule has 0 aliphatic carbocycles. The molecule has 2 aromatic heterocycles. The van der Waals surface area contributed by atoms with Crippen LogP contribution in [0.15, 0.2) is 12.1 Å². The Morgan fingerprint density at radius 1 is 1.32 bits per heavy atom. The standard InChI is InChI=1S/C14H11N7O/c1-14(2)6-3-8-9(4-7(6)18-13(14)22)17-12(16-8)11-10(5-15)19-21-20-11/h3-4H,1-2H3,(H,16,17)(H,18,22)(H,19,20,21). The van der Waals surface area contributed by atoms with Crippen LogP contribution in [0.4, 0.5) is 5.69 Å². The molecule has 22 heavy (non-hydrogen) atoms. The summed E-state index contributed by atoms with van der Waals surface area (Å²) in [6.07, 6.45) is 0. The third kappa shape index (κ3) is 1.50. The van der Waals surface area contributed by atoms with Crippen molar-refractivity contribution in [3.8, 4) is 17.6 Å². The molecule has 0 saturated carbocycles. The molecule has 1 aromatic carbocycles. The summed E-state index contributed by atoms with van der Waals surface area (Å²) in [6.45, 7) is 3.75. The summed E-state index contributed by atoms with van der Waals surface area (Å²) in [5.41, 5.74) is 3.22. The number of aromatic amines is 2. The largest absolute Gasteiger partial charge is 0.337 e. The maximum absolute atomic E-state index is 12.0. The summed E-state index contributed by atoms with van der Waals surface area (Å²) in [4.78, 5) is 19.6. The van der Waals surface area contributed by atoms with Crippen LogP contribution in [0, 0.1) is 11.3 Å². The highest BCUT2D eigenvalue weighted by molar-refractivity contribution is 6.07. The monoisotopic (exact) mass is 293 g/mol. The summed E-state index contributed by atoms with van der Waals surface area (Å²) in [5, 5.41) is 21.9. The van der Waals surface area contributed by atoms with Crippen LogP contribution in [0.5, 0.6) is 0 Å². The second kappa shape index (κ2) is 3.92. The lowest BCUT2D eigenvalue weighted by atomic mass is 9.86. The highest BCUT2D eigenvalue weighted by Crippen LogP contribution is 2.39. The van der Waals surface area contributed by atoms with Crippen LogP contribution >= 0.6 is 0 Å². The van der Waals surface area contributed by atoms with Gasteiger partial charge in [0.05, 0.1) is 16.4 Å². The van der Waals surface area contributed by atoms with Gasteiger partial charge < -0.3 is 10.3 Å². The summed E-state index contributed by atoms with van der Waals surface area (Å²) in [6, 6.07) is 5.70. The normalized spacial score (nSPS) is 15.6. The van der Waals surface area contributed by atoms with Gasteiger partial charge in [0.25, 0.3) is 0 Å². The molecule has 0 saturated heterocycles. The molecule has 1 aliphatic rings. The van der Waals surface area contributed by atoms with E-state index in [0.717, 1.165) is 22.3 Å². The highest BCUT2D eigenvalue weighted by atomic mass is 16.2. The van der Waals surface area contributed by atoms with Crippen molar-refractivity contribution in [1.82, 2.24) is 25.4 Å². The van der Waals surface area contributed by atoms with Crippen molar-refractivity contribution in [2.45, 2.75) is 19.3 Å². The van der Waals surface area contributed by atoms with E-state index in [1.54, 1.807) is 0 Å². The van der Waals surface area contributed by atoms with E-state index < -0.39 is 5.41 Å². The molecule has 0 atom stereocenters. The molecule has 1 aliphatic heterocycles. The van der Waals surface area contributed by atoms with Gasteiger partial charge >= 0.3 is 0 Å². The lowest BCUT2D eigenvalue weighted by molar-refractivity contribution is -0.119. The highest BCUT2D eigenvalue weighted by Gasteiger charge is 2.38. The number of nitrogens with zero attached hydrogens (tertiary/aromatic N) is 4. The number of rotatable bonds is 1. The molecule has 4 rings (SSSR count). The third-order valence-corrected chi connectivity index (χ3v) is 4.00. The van der Waals surface area contributed by atoms with Crippen LogP contribution in [-0.2, 0) is 10.2 Å². The number of aromatic nitrogens is 5. The van der Waals surface area contributed by atoms with Gasteiger partial charge in [0.2, 0.25) is 5.91 Å². The quantitative estimate of drug-likeness (QED) is 0.626. The average Bonchev–Trinajstić information content (AvgIpc) is 3.15. The smallest absolute Gasteiger partial charge is 0.234 e. The number of hydrogen-bond donors (Lipinski definition) is 3. The summed E-state index contributed by atoms with van der Waals surface area (Å²) in [5.74, 6) is 0.462. The fraction of sp³-hybridized carbons (Fsp3) is 0.214. The number of nitrogens with one attached hydrogen (secondary N) is 3. The van der Waals surface area contributed by atoms with E-state index in [0.29, 0.717) is 11.5 Å². The Morgan fingerprint density at radius 3 is 2.91 bits per heavy atom. The number of fused-ring (bicyclic) bond motifs is 2. The lowest BCUT2D eigenvalue weighted by Gasteiger charge is -2.14. The van der Waals surface area contributed by atoms with Gasteiger partial charge in [0.15, 0.2) is 11.5 Å². The predicted octanol–water partition coefficient (Wildman–Crippen LogP) is 1.45. The molecule has 8 heteroatoms. The Kier molecular flexibility index (Phi) is 2.23. The Bertz CT molecular complexity index is 973. The van der Waals surface area contributed by atoms with E-state index >= 15 is 0 Å². The van der Waals surface area contributed by atoms with Gasteiger partial charge in [0, 0.05) is 5.69 Å². The molecule has 1 amide bonds. The Morgan fingerprint density at radius 2 is 2.14 bits per heavy atom. The topological polar surface area (TPSA) is 123 Å². The molecule has 0 fully saturated rings. The van der Waals surface area contributed by atoms with Crippen molar-refractivity contribution < 1.29 is 4.79 Å². The second-order valence-electron chi connectivity index (χ2n) is 5.73. The van der Waals surface area contributed by atoms with Crippen molar-refractivity contribution in [2.75, 3.05) is 5.32 Å². The number of benzene rings is 1. The average molecular weight is 293 g/mol. The fourth-order valence-electron chi connectivity index (χ4n) is 2.67.